The summed E-state index contributed by atoms with van der Waals surface area (Å²) >= 11 is 0. The third-order valence-corrected chi connectivity index (χ3v) is 4.86. The Balaban J connectivity index is 1.47. The molecule has 0 bridgehead atoms. The van der Waals surface area contributed by atoms with Gasteiger partial charge in [-0.3, -0.25) is 9.80 Å². The average Bonchev–Trinajstić information content (AvgIpc) is 2.49. The summed E-state index contributed by atoms with van der Waals surface area (Å²) in [7, 11) is 0. The third kappa shape index (κ3) is 3.60. The Bertz CT molecular complexity index is 398. The van der Waals surface area contributed by atoms with E-state index in [-0.39, 0.29) is 0 Å². The van der Waals surface area contributed by atoms with Crippen molar-refractivity contribution in [2.24, 2.45) is 5.73 Å². The molecule has 2 fully saturated rings. The minimum absolute atomic E-state index is 0.441. The second kappa shape index (κ2) is 6.70. The predicted molar refractivity (Wildman–Crippen MR) is 83.5 cm³/mol. The molecule has 1 aromatic carbocycles. The van der Waals surface area contributed by atoms with Crippen LogP contribution in [0.25, 0.3) is 0 Å². The molecule has 1 aromatic rings. The van der Waals surface area contributed by atoms with Gasteiger partial charge in [-0.25, -0.2) is 0 Å². The molecule has 3 nitrogen and oxygen atoms in total. The number of benzene rings is 1. The van der Waals surface area contributed by atoms with E-state index in [0.717, 1.165) is 12.6 Å². The fourth-order valence-electron chi connectivity index (χ4n) is 3.66. The van der Waals surface area contributed by atoms with Crippen molar-refractivity contribution in [2.45, 2.75) is 44.3 Å². The van der Waals surface area contributed by atoms with Gasteiger partial charge in [0.15, 0.2) is 0 Å². The fourth-order valence-corrected chi connectivity index (χ4v) is 3.66. The van der Waals surface area contributed by atoms with Gasteiger partial charge in [-0.15, -0.1) is 0 Å². The highest BCUT2D eigenvalue weighted by Gasteiger charge is 2.27. The van der Waals surface area contributed by atoms with Crippen molar-refractivity contribution in [1.29, 1.82) is 0 Å². The van der Waals surface area contributed by atoms with Crippen LogP contribution in [-0.2, 0) is 6.54 Å². The number of rotatable bonds is 3. The molecule has 0 aromatic heterocycles. The molecular formula is C17H27N3. The van der Waals surface area contributed by atoms with Crippen molar-refractivity contribution in [3.05, 3.63) is 35.9 Å². The van der Waals surface area contributed by atoms with Crippen molar-refractivity contribution in [2.75, 3.05) is 26.2 Å². The summed E-state index contributed by atoms with van der Waals surface area (Å²) < 4.78 is 0. The van der Waals surface area contributed by atoms with Crippen LogP contribution >= 0.6 is 0 Å². The van der Waals surface area contributed by atoms with Crippen LogP contribution in [0.2, 0.25) is 0 Å². The molecule has 20 heavy (non-hydrogen) atoms. The average molecular weight is 273 g/mol. The molecule has 0 amide bonds. The van der Waals surface area contributed by atoms with Gasteiger partial charge in [-0.1, -0.05) is 36.8 Å². The van der Waals surface area contributed by atoms with Gasteiger partial charge in [0.1, 0.15) is 0 Å². The number of hydrogen-bond acceptors (Lipinski definition) is 3. The van der Waals surface area contributed by atoms with Gasteiger partial charge in [0.05, 0.1) is 0 Å². The van der Waals surface area contributed by atoms with E-state index in [1.807, 2.05) is 0 Å². The molecule has 1 aliphatic heterocycles. The lowest BCUT2D eigenvalue weighted by molar-refractivity contribution is 0.0719. The molecule has 2 aliphatic rings. The molecule has 0 spiro atoms. The van der Waals surface area contributed by atoms with Crippen LogP contribution < -0.4 is 5.73 Å². The van der Waals surface area contributed by atoms with Crippen molar-refractivity contribution in [3.8, 4) is 0 Å². The summed E-state index contributed by atoms with van der Waals surface area (Å²) in [5, 5.41) is 0. The van der Waals surface area contributed by atoms with Crippen LogP contribution in [0.4, 0.5) is 0 Å². The fraction of sp³-hybridized carbons (Fsp3) is 0.647. The number of nitrogens with zero attached hydrogens (tertiary/aromatic N) is 2. The van der Waals surface area contributed by atoms with E-state index in [1.54, 1.807) is 0 Å². The molecule has 1 heterocycles. The number of nitrogens with two attached hydrogens (primary N) is 1. The Labute approximate surface area is 122 Å². The summed E-state index contributed by atoms with van der Waals surface area (Å²) in [5.74, 6) is 0. The van der Waals surface area contributed by atoms with Crippen LogP contribution in [0.15, 0.2) is 30.3 Å². The summed E-state index contributed by atoms with van der Waals surface area (Å²) in [5.41, 5.74) is 7.56. The first-order valence-corrected chi connectivity index (χ1v) is 8.07. The highest BCUT2D eigenvalue weighted by molar-refractivity contribution is 5.14. The second-order valence-corrected chi connectivity index (χ2v) is 6.38. The predicted octanol–water partition coefficient (Wildman–Crippen LogP) is 2.07. The molecule has 2 unspecified atom stereocenters. The smallest absolute Gasteiger partial charge is 0.0234 e. The molecule has 1 saturated heterocycles. The Morgan fingerprint density at radius 2 is 1.75 bits per heavy atom. The van der Waals surface area contributed by atoms with Crippen molar-refractivity contribution in [3.63, 3.8) is 0 Å². The highest BCUT2D eigenvalue weighted by Crippen LogP contribution is 2.23. The van der Waals surface area contributed by atoms with Gasteiger partial charge >= 0.3 is 0 Å². The molecule has 110 valence electrons. The normalized spacial score (nSPS) is 29.4. The van der Waals surface area contributed by atoms with Gasteiger partial charge in [0, 0.05) is 44.8 Å². The summed E-state index contributed by atoms with van der Waals surface area (Å²) in [6, 6.07) is 12.0. The maximum atomic E-state index is 6.12. The van der Waals surface area contributed by atoms with Crippen LogP contribution in [0.1, 0.15) is 31.2 Å². The van der Waals surface area contributed by atoms with Gasteiger partial charge in [-0.05, 0) is 24.8 Å². The minimum Gasteiger partial charge on any atom is -0.328 e. The van der Waals surface area contributed by atoms with E-state index in [2.05, 4.69) is 40.1 Å². The van der Waals surface area contributed by atoms with Gasteiger partial charge in [0.25, 0.3) is 0 Å². The Hall–Kier alpha value is -0.900. The standard InChI is InChI=1S/C17H27N3/c18-16-7-4-8-17(13-16)20-11-9-19(10-12-20)14-15-5-2-1-3-6-15/h1-3,5-6,16-17H,4,7-14,18H2. The van der Waals surface area contributed by atoms with Crippen LogP contribution in [-0.4, -0.2) is 48.1 Å². The Morgan fingerprint density at radius 3 is 2.45 bits per heavy atom. The van der Waals surface area contributed by atoms with Gasteiger partial charge in [-0.2, -0.15) is 0 Å². The Kier molecular flexibility index (Phi) is 4.71. The minimum atomic E-state index is 0.441. The van der Waals surface area contributed by atoms with Crippen molar-refractivity contribution in [1.82, 2.24) is 9.80 Å². The van der Waals surface area contributed by atoms with E-state index in [4.69, 9.17) is 5.73 Å². The zero-order valence-corrected chi connectivity index (χ0v) is 12.4. The molecule has 3 rings (SSSR count). The lowest BCUT2D eigenvalue weighted by atomic mass is 9.90. The maximum absolute atomic E-state index is 6.12. The van der Waals surface area contributed by atoms with Crippen LogP contribution in [0.5, 0.6) is 0 Å². The Morgan fingerprint density at radius 1 is 1.00 bits per heavy atom. The van der Waals surface area contributed by atoms with E-state index in [0.29, 0.717) is 6.04 Å². The zero-order valence-electron chi connectivity index (χ0n) is 12.4. The SMILES string of the molecule is NC1CCCC(N2CCN(Cc3ccccc3)CC2)C1. The summed E-state index contributed by atoms with van der Waals surface area (Å²) in [6.45, 7) is 5.91. The largest absolute Gasteiger partial charge is 0.328 e. The first-order chi connectivity index (χ1) is 9.81. The zero-order chi connectivity index (χ0) is 13.8. The first kappa shape index (κ1) is 14.1. The molecule has 0 radical (unpaired) electrons. The van der Waals surface area contributed by atoms with Crippen molar-refractivity contribution < 1.29 is 0 Å². The lowest BCUT2D eigenvalue weighted by Gasteiger charge is -2.42. The van der Waals surface area contributed by atoms with Gasteiger partial charge in [0.2, 0.25) is 0 Å². The monoisotopic (exact) mass is 273 g/mol. The molecule has 2 atom stereocenters. The van der Waals surface area contributed by atoms with E-state index < -0.39 is 0 Å². The van der Waals surface area contributed by atoms with Gasteiger partial charge < -0.3 is 5.73 Å². The van der Waals surface area contributed by atoms with E-state index in [1.165, 1.54) is 57.4 Å². The number of hydrogen-bond donors (Lipinski definition) is 1. The maximum Gasteiger partial charge on any atom is 0.0234 e. The third-order valence-electron chi connectivity index (χ3n) is 4.86. The van der Waals surface area contributed by atoms with E-state index >= 15 is 0 Å². The topological polar surface area (TPSA) is 32.5 Å². The molecule has 3 heteroatoms. The second-order valence-electron chi connectivity index (χ2n) is 6.38. The first-order valence-electron chi connectivity index (χ1n) is 8.07. The highest BCUT2D eigenvalue weighted by atomic mass is 15.3. The summed E-state index contributed by atoms with van der Waals surface area (Å²) in [6.07, 6.45) is 5.10. The quantitative estimate of drug-likeness (QED) is 0.915. The summed E-state index contributed by atoms with van der Waals surface area (Å²) in [4.78, 5) is 5.26. The van der Waals surface area contributed by atoms with Crippen LogP contribution in [0, 0.1) is 0 Å². The molecule has 1 saturated carbocycles. The van der Waals surface area contributed by atoms with Crippen LogP contribution in [0.3, 0.4) is 0 Å². The molecular weight excluding hydrogens is 246 g/mol. The number of piperazine rings is 1. The van der Waals surface area contributed by atoms with Crippen molar-refractivity contribution >= 4 is 0 Å². The lowest BCUT2D eigenvalue weighted by Crippen LogP contribution is -2.52. The molecule has 2 N–H and O–H groups in total. The van der Waals surface area contributed by atoms with E-state index in [9.17, 15) is 0 Å². The molecule has 1 aliphatic carbocycles.